The van der Waals surface area contributed by atoms with Gasteiger partial charge in [-0.2, -0.15) is 0 Å². The molecule has 5 nitrogen and oxygen atoms in total. The zero-order valence-electron chi connectivity index (χ0n) is 13.9. The Bertz CT molecular complexity index is 920. The first-order valence-electron chi connectivity index (χ1n) is 8.39. The maximum Gasteiger partial charge on any atom is 0.257 e. The molecule has 1 aliphatic heterocycles. The quantitative estimate of drug-likeness (QED) is 0.684. The number of hydrogen-bond acceptors (Lipinski definition) is 5. The van der Waals surface area contributed by atoms with Gasteiger partial charge in [0.1, 0.15) is 12.4 Å². The summed E-state index contributed by atoms with van der Waals surface area (Å²) in [6, 6.07) is 12.5. The molecule has 2 heterocycles. The standard InChI is InChI=1S/C19H17ClN2O3S/c20-13-5-8-16-17(10-13)26-19(21-16)22-18(23)12-3-6-14(7-4-12)25-11-15-2-1-9-24-15/h3-8,10,15H,1-2,9,11H2,(H,21,22,23)/t15-/m1/s1. The number of nitrogens with one attached hydrogen (secondary N) is 1. The normalized spacial score (nSPS) is 16.7. The molecular weight excluding hydrogens is 372 g/mol. The molecule has 2 aromatic carbocycles. The second-order valence-electron chi connectivity index (χ2n) is 6.06. The van der Waals surface area contributed by atoms with E-state index in [0.717, 1.165) is 35.4 Å². The lowest BCUT2D eigenvalue weighted by atomic mass is 10.2. The van der Waals surface area contributed by atoms with Crippen molar-refractivity contribution in [2.24, 2.45) is 0 Å². The summed E-state index contributed by atoms with van der Waals surface area (Å²) in [4.78, 5) is 16.8. The zero-order valence-corrected chi connectivity index (χ0v) is 15.5. The highest BCUT2D eigenvalue weighted by molar-refractivity contribution is 7.22. The van der Waals surface area contributed by atoms with Crippen LogP contribution in [0.3, 0.4) is 0 Å². The summed E-state index contributed by atoms with van der Waals surface area (Å²) < 4.78 is 12.2. The Morgan fingerprint density at radius 3 is 2.92 bits per heavy atom. The molecule has 0 bridgehead atoms. The van der Waals surface area contributed by atoms with Crippen molar-refractivity contribution in [3.63, 3.8) is 0 Å². The molecule has 1 amide bonds. The fourth-order valence-electron chi connectivity index (χ4n) is 2.79. The SMILES string of the molecule is O=C(Nc1nc2ccc(Cl)cc2s1)c1ccc(OC[C@H]2CCCO2)cc1. The van der Waals surface area contributed by atoms with E-state index in [-0.39, 0.29) is 12.0 Å². The van der Waals surface area contributed by atoms with Crippen LogP contribution in [0.2, 0.25) is 5.02 Å². The summed E-state index contributed by atoms with van der Waals surface area (Å²) >= 11 is 7.38. The smallest absolute Gasteiger partial charge is 0.257 e. The lowest BCUT2D eigenvalue weighted by Gasteiger charge is -2.11. The van der Waals surface area contributed by atoms with Crippen LogP contribution in [-0.4, -0.2) is 30.2 Å². The molecule has 4 rings (SSSR count). The van der Waals surface area contributed by atoms with Gasteiger partial charge in [-0.05, 0) is 55.3 Å². The van der Waals surface area contributed by atoms with Gasteiger partial charge in [-0.15, -0.1) is 0 Å². The molecule has 1 aromatic heterocycles. The highest BCUT2D eigenvalue weighted by atomic mass is 35.5. The molecule has 3 aromatic rings. The van der Waals surface area contributed by atoms with Crippen LogP contribution >= 0.6 is 22.9 Å². The van der Waals surface area contributed by atoms with Crippen LogP contribution in [0.4, 0.5) is 5.13 Å². The Balaban J connectivity index is 1.38. The Morgan fingerprint density at radius 1 is 1.31 bits per heavy atom. The molecule has 1 fully saturated rings. The average molecular weight is 389 g/mol. The van der Waals surface area contributed by atoms with Crippen LogP contribution in [0.1, 0.15) is 23.2 Å². The number of anilines is 1. The van der Waals surface area contributed by atoms with Crippen LogP contribution in [-0.2, 0) is 4.74 Å². The Hall–Kier alpha value is -2.15. The second kappa shape index (κ2) is 7.61. The highest BCUT2D eigenvalue weighted by Crippen LogP contribution is 2.28. The number of benzene rings is 2. The maximum atomic E-state index is 12.4. The van der Waals surface area contributed by atoms with E-state index in [4.69, 9.17) is 21.1 Å². The van der Waals surface area contributed by atoms with Gasteiger partial charge in [0.05, 0.1) is 16.3 Å². The fraction of sp³-hybridized carbons (Fsp3) is 0.263. The fourth-order valence-corrected chi connectivity index (χ4v) is 3.93. The van der Waals surface area contributed by atoms with Gasteiger partial charge < -0.3 is 9.47 Å². The van der Waals surface area contributed by atoms with E-state index < -0.39 is 0 Å². The van der Waals surface area contributed by atoms with Crippen molar-refractivity contribution in [1.29, 1.82) is 0 Å². The first kappa shape index (κ1) is 17.3. The van der Waals surface area contributed by atoms with Crippen LogP contribution in [0.5, 0.6) is 5.75 Å². The van der Waals surface area contributed by atoms with Crippen molar-refractivity contribution < 1.29 is 14.3 Å². The molecular formula is C19H17ClN2O3S. The van der Waals surface area contributed by atoms with Crippen molar-refractivity contribution in [3.8, 4) is 5.75 Å². The topological polar surface area (TPSA) is 60.5 Å². The third-order valence-corrected chi connectivity index (χ3v) is 5.32. The van der Waals surface area contributed by atoms with Crippen molar-refractivity contribution >= 4 is 44.2 Å². The summed E-state index contributed by atoms with van der Waals surface area (Å²) in [5, 5.41) is 4.03. The van der Waals surface area contributed by atoms with E-state index in [1.165, 1.54) is 11.3 Å². The average Bonchev–Trinajstić information content (AvgIpc) is 3.29. The molecule has 1 atom stereocenters. The van der Waals surface area contributed by atoms with Gasteiger partial charge in [-0.3, -0.25) is 10.1 Å². The van der Waals surface area contributed by atoms with Gasteiger partial charge in [0, 0.05) is 17.2 Å². The lowest BCUT2D eigenvalue weighted by molar-refractivity contribution is 0.0679. The molecule has 0 unspecified atom stereocenters. The van der Waals surface area contributed by atoms with Gasteiger partial charge >= 0.3 is 0 Å². The minimum absolute atomic E-state index is 0.172. The van der Waals surface area contributed by atoms with Crippen molar-refractivity contribution in [2.75, 3.05) is 18.5 Å². The van der Waals surface area contributed by atoms with Crippen LogP contribution in [0.15, 0.2) is 42.5 Å². The number of ether oxygens (including phenoxy) is 2. The van der Waals surface area contributed by atoms with E-state index in [2.05, 4.69) is 10.3 Å². The third-order valence-electron chi connectivity index (χ3n) is 4.15. The number of nitrogens with zero attached hydrogens (tertiary/aromatic N) is 1. The number of rotatable bonds is 5. The van der Waals surface area contributed by atoms with E-state index in [1.54, 1.807) is 30.3 Å². The Morgan fingerprint density at radius 2 is 2.15 bits per heavy atom. The summed E-state index contributed by atoms with van der Waals surface area (Å²) in [5.41, 5.74) is 1.36. The predicted octanol–water partition coefficient (Wildman–Crippen LogP) is 4.76. The van der Waals surface area contributed by atoms with Crippen LogP contribution in [0, 0.1) is 0 Å². The largest absolute Gasteiger partial charge is 0.491 e. The Kier molecular flexibility index (Phi) is 5.06. The minimum Gasteiger partial charge on any atom is -0.491 e. The molecule has 0 aliphatic carbocycles. The molecule has 0 radical (unpaired) electrons. The third kappa shape index (κ3) is 3.98. The number of carbonyl (C=O) groups excluding carboxylic acids is 1. The second-order valence-corrected chi connectivity index (χ2v) is 7.52. The maximum absolute atomic E-state index is 12.4. The monoisotopic (exact) mass is 388 g/mol. The summed E-state index contributed by atoms with van der Waals surface area (Å²) in [6.07, 6.45) is 2.30. The van der Waals surface area contributed by atoms with E-state index in [0.29, 0.717) is 22.3 Å². The van der Waals surface area contributed by atoms with Gasteiger partial charge in [-0.1, -0.05) is 22.9 Å². The number of halogens is 1. The summed E-state index contributed by atoms with van der Waals surface area (Å²) in [7, 11) is 0. The predicted molar refractivity (Wildman–Crippen MR) is 103 cm³/mol. The van der Waals surface area contributed by atoms with Crippen molar-refractivity contribution in [3.05, 3.63) is 53.1 Å². The van der Waals surface area contributed by atoms with Gasteiger partial charge in [0.2, 0.25) is 0 Å². The molecule has 0 spiro atoms. The molecule has 7 heteroatoms. The number of carbonyl (C=O) groups is 1. The summed E-state index contributed by atoms with van der Waals surface area (Å²) in [6.45, 7) is 1.35. The molecule has 26 heavy (non-hydrogen) atoms. The van der Waals surface area contributed by atoms with E-state index in [9.17, 15) is 4.79 Å². The van der Waals surface area contributed by atoms with Crippen molar-refractivity contribution in [1.82, 2.24) is 4.98 Å². The van der Waals surface area contributed by atoms with Gasteiger partial charge in [-0.25, -0.2) is 4.98 Å². The molecule has 134 valence electrons. The molecule has 1 aliphatic rings. The van der Waals surface area contributed by atoms with E-state index in [1.807, 2.05) is 12.1 Å². The zero-order chi connectivity index (χ0) is 17.9. The summed E-state index contributed by atoms with van der Waals surface area (Å²) in [5.74, 6) is 0.521. The molecule has 1 saturated heterocycles. The number of amides is 1. The first-order valence-corrected chi connectivity index (χ1v) is 9.59. The minimum atomic E-state index is -0.208. The lowest BCUT2D eigenvalue weighted by Crippen LogP contribution is -2.16. The Labute approximate surface area is 159 Å². The van der Waals surface area contributed by atoms with Crippen molar-refractivity contribution in [2.45, 2.75) is 18.9 Å². The molecule has 0 saturated carbocycles. The van der Waals surface area contributed by atoms with E-state index >= 15 is 0 Å². The number of fused-ring (bicyclic) bond motifs is 1. The van der Waals surface area contributed by atoms with Crippen LogP contribution < -0.4 is 10.1 Å². The van der Waals surface area contributed by atoms with Gasteiger partial charge in [0.25, 0.3) is 5.91 Å². The first-order chi connectivity index (χ1) is 12.7. The number of aromatic nitrogens is 1. The molecule has 1 N–H and O–H groups in total. The number of hydrogen-bond donors (Lipinski definition) is 1. The highest BCUT2D eigenvalue weighted by Gasteiger charge is 2.16. The van der Waals surface area contributed by atoms with Crippen LogP contribution in [0.25, 0.3) is 10.2 Å². The van der Waals surface area contributed by atoms with Gasteiger partial charge in [0.15, 0.2) is 5.13 Å². The number of thiazole rings is 1.